The summed E-state index contributed by atoms with van der Waals surface area (Å²) in [7, 11) is 4.08. The number of rotatable bonds is 6. The zero-order valence-electron chi connectivity index (χ0n) is 13.3. The fourth-order valence-electron chi connectivity index (χ4n) is 2.34. The van der Waals surface area contributed by atoms with E-state index < -0.39 is 0 Å². The Balaban J connectivity index is 2.24. The van der Waals surface area contributed by atoms with Crippen LogP contribution in [0.5, 0.6) is 5.75 Å². The van der Waals surface area contributed by atoms with E-state index in [2.05, 4.69) is 4.90 Å². The van der Waals surface area contributed by atoms with Crippen molar-refractivity contribution in [2.45, 2.75) is 32.9 Å². The minimum atomic E-state index is 0.0716. The van der Waals surface area contributed by atoms with Crippen LogP contribution in [-0.2, 0) is 6.54 Å². The van der Waals surface area contributed by atoms with Crippen LogP contribution in [0.1, 0.15) is 20.3 Å². The molecule has 0 spiro atoms. The quantitative estimate of drug-likeness (QED) is 0.819. The molecule has 1 heterocycles. The maximum Gasteiger partial charge on any atom is 0.258 e. The number of aryl methyl sites for hydroxylation is 1. The first-order chi connectivity index (χ1) is 9.97. The lowest BCUT2D eigenvalue weighted by molar-refractivity contribution is 0.243. The fourth-order valence-corrected chi connectivity index (χ4v) is 2.34. The summed E-state index contributed by atoms with van der Waals surface area (Å²) in [6, 6.07) is 7.65. The highest BCUT2D eigenvalue weighted by Crippen LogP contribution is 2.19. The number of nitrogens with zero attached hydrogens (tertiary/aromatic N) is 2. The highest BCUT2D eigenvalue weighted by Gasteiger charge is 2.05. The topological polar surface area (TPSA) is 34.5 Å². The van der Waals surface area contributed by atoms with Crippen molar-refractivity contribution >= 4 is 10.8 Å². The van der Waals surface area contributed by atoms with Gasteiger partial charge in [-0.25, -0.2) is 0 Å². The molecule has 0 radical (unpaired) electrons. The largest absolute Gasteiger partial charge is 0.491 e. The average Bonchev–Trinajstić information content (AvgIpc) is 2.40. The zero-order valence-corrected chi connectivity index (χ0v) is 13.3. The van der Waals surface area contributed by atoms with E-state index in [1.54, 1.807) is 4.57 Å². The molecule has 0 aliphatic carbocycles. The van der Waals surface area contributed by atoms with Crippen molar-refractivity contribution in [2.75, 3.05) is 20.6 Å². The van der Waals surface area contributed by atoms with Gasteiger partial charge >= 0.3 is 0 Å². The Bertz CT molecular complexity index is 659. The number of hydrogen-bond acceptors (Lipinski definition) is 3. The molecule has 0 unspecified atom stereocenters. The second-order valence-corrected chi connectivity index (χ2v) is 5.89. The van der Waals surface area contributed by atoms with Crippen molar-refractivity contribution < 1.29 is 4.74 Å². The minimum Gasteiger partial charge on any atom is -0.491 e. The van der Waals surface area contributed by atoms with E-state index in [4.69, 9.17) is 4.74 Å². The van der Waals surface area contributed by atoms with Gasteiger partial charge in [0.2, 0.25) is 0 Å². The molecule has 21 heavy (non-hydrogen) atoms. The Morgan fingerprint density at radius 2 is 2.00 bits per heavy atom. The lowest BCUT2D eigenvalue weighted by Gasteiger charge is -2.12. The Labute approximate surface area is 125 Å². The van der Waals surface area contributed by atoms with Gasteiger partial charge in [-0.05, 0) is 70.6 Å². The SMILES string of the molecule is CC(C)Oc1ccc2c(=O)n(CCCN(C)C)ccc2c1. The predicted octanol–water partition coefficient (Wildman–Crippen LogP) is 2.74. The Hall–Kier alpha value is -1.81. The molecule has 4 nitrogen and oxygen atoms in total. The first kappa shape index (κ1) is 15.6. The Morgan fingerprint density at radius 1 is 1.24 bits per heavy atom. The van der Waals surface area contributed by atoms with Crippen LogP contribution in [0.2, 0.25) is 0 Å². The van der Waals surface area contributed by atoms with E-state index in [-0.39, 0.29) is 11.7 Å². The van der Waals surface area contributed by atoms with Crippen molar-refractivity contribution in [2.24, 2.45) is 0 Å². The van der Waals surface area contributed by atoms with Gasteiger partial charge in [-0.15, -0.1) is 0 Å². The monoisotopic (exact) mass is 288 g/mol. The molecular weight excluding hydrogens is 264 g/mol. The summed E-state index contributed by atoms with van der Waals surface area (Å²) in [6.07, 6.45) is 2.97. The van der Waals surface area contributed by atoms with Crippen molar-refractivity contribution in [3.63, 3.8) is 0 Å². The zero-order chi connectivity index (χ0) is 15.4. The lowest BCUT2D eigenvalue weighted by atomic mass is 10.1. The normalized spacial score (nSPS) is 11.5. The Kier molecular flexibility index (Phi) is 5.02. The molecule has 0 N–H and O–H groups in total. The molecule has 2 aromatic rings. The smallest absolute Gasteiger partial charge is 0.258 e. The van der Waals surface area contributed by atoms with Crippen molar-refractivity contribution in [3.05, 3.63) is 40.8 Å². The van der Waals surface area contributed by atoms with Gasteiger partial charge in [-0.3, -0.25) is 4.79 Å². The number of hydrogen-bond donors (Lipinski definition) is 0. The number of pyridine rings is 1. The summed E-state index contributed by atoms with van der Waals surface area (Å²) in [6.45, 7) is 5.71. The van der Waals surface area contributed by atoms with Crippen LogP contribution in [0.15, 0.2) is 35.3 Å². The molecule has 0 aliphatic heterocycles. The Morgan fingerprint density at radius 3 is 2.67 bits per heavy atom. The molecule has 2 rings (SSSR count). The van der Waals surface area contributed by atoms with Crippen LogP contribution in [0.3, 0.4) is 0 Å². The molecule has 1 aromatic heterocycles. The first-order valence-electron chi connectivity index (χ1n) is 7.42. The predicted molar refractivity (Wildman–Crippen MR) is 87.1 cm³/mol. The van der Waals surface area contributed by atoms with Gasteiger partial charge in [0.15, 0.2) is 0 Å². The van der Waals surface area contributed by atoms with Gasteiger partial charge < -0.3 is 14.2 Å². The molecule has 0 aliphatic rings. The summed E-state index contributed by atoms with van der Waals surface area (Å²) >= 11 is 0. The van der Waals surface area contributed by atoms with Gasteiger partial charge in [0, 0.05) is 18.1 Å². The summed E-state index contributed by atoms with van der Waals surface area (Å²) in [5, 5.41) is 1.68. The number of ether oxygens (including phenoxy) is 1. The van der Waals surface area contributed by atoms with Crippen molar-refractivity contribution in [1.82, 2.24) is 9.47 Å². The molecule has 4 heteroatoms. The van der Waals surface area contributed by atoms with Crippen molar-refractivity contribution in [3.8, 4) is 5.75 Å². The number of fused-ring (bicyclic) bond motifs is 1. The van der Waals surface area contributed by atoms with Crippen molar-refractivity contribution in [1.29, 1.82) is 0 Å². The van der Waals surface area contributed by atoms with Crippen LogP contribution >= 0.6 is 0 Å². The maximum absolute atomic E-state index is 12.4. The fraction of sp³-hybridized carbons (Fsp3) is 0.471. The molecule has 0 saturated carbocycles. The summed E-state index contributed by atoms with van der Waals surface area (Å²) in [4.78, 5) is 14.6. The summed E-state index contributed by atoms with van der Waals surface area (Å²) < 4.78 is 7.46. The van der Waals surface area contributed by atoms with E-state index in [9.17, 15) is 4.79 Å². The first-order valence-corrected chi connectivity index (χ1v) is 7.42. The third-order valence-corrected chi connectivity index (χ3v) is 3.32. The van der Waals surface area contributed by atoms with Crippen LogP contribution in [0.25, 0.3) is 10.8 Å². The van der Waals surface area contributed by atoms with E-state index in [0.29, 0.717) is 0 Å². The second kappa shape index (κ2) is 6.76. The summed E-state index contributed by atoms with van der Waals surface area (Å²) in [5.74, 6) is 0.808. The van der Waals surface area contributed by atoms with E-state index in [1.807, 2.05) is 58.4 Å². The molecule has 0 fully saturated rings. The lowest BCUT2D eigenvalue weighted by Crippen LogP contribution is -2.22. The van der Waals surface area contributed by atoms with Gasteiger partial charge in [-0.1, -0.05) is 0 Å². The molecule has 0 bridgehead atoms. The number of benzene rings is 1. The second-order valence-electron chi connectivity index (χ2n) is 5.89. The maximum atomic E-state index is 12.4. The van der Waals surface area contributed by atoms with Gasteiger partial charge in [0.1, 0.15) is 5.75 Å². The van der Waals surface area contributed by atoms with Gasteiger partial charge in [0.25, 0.3) is 5.56 Å². The van der Waals surface area contributed by atoms with E-state index >= 15 is 0 Å². The van der Waals surface area contributed by atoms with Crippen LogP contribution in [0.4, 0.5) is 0 Å². The van der Waals surface area contributed by atoms with Crippen LogP contribution in [0, 0.1) is 0 Å². The minimum absolute atomic E-state index is 0.0716. The van der Waals surface area contributed by atoms with Gasteiger partial charge in [-0.2, -0.15) is 0 Å². The third kappa shape index (κ3) is 4.08. The molecular formula is C17H24N2O2. The standard InChI is InChI=1S/C17H24N2O2/c1-13(2)21-15-6-7-16-14(12-15)8-11-19(17(16)20)10-5-9-18(3)4/h6-8,11-13H,5,9-10H2,1-4H3. The molecule has 114 valence electrons. The molecule has 0 saturated heterocycles. The highest BCUT2D eigenvalue weighted by atomic mass is 16.5. The molecule has 0 atom stereocenters. The van der Waals surface area contributed by atoms with E-state index in [0.717, 1.165) is 36.0 Å². The third-order valence-electron chi connectivity index (χ3n) is 3.32. The van der Waals surface area contributed by atoms with Gasteiger partial charge in [0.05, 0.1) is 6.10 Å². The molecule has 0 amide bonds. The van der Waals surface area contributed by atoms with E-state index in [1.165, 1.54) is 0 Å². The molecule has 1 aromatic carbocycles. The van der Waals surface area contributed by atoms with Crippen LogP contribution < -0.4 is 10.3 Å². The number of aromatic nitrogens is 1. The summed E-state index contributed by atoms with van der Waals surface area (Å²) in [5.41, 5.74) is 0.0716. The average molecular weight is 288 g/mol. The highest BCUT2D eigenvalue weighted by molar-refractivity contribution is 5.82. The van der Waals surface area contributed by atoms with Crippen LogP contribution in [-0.4, -0.2) is 36.2 Å².